The van der Waals surface area contributed by atoms with Crippen LogP contribution >= 0.6 is 11.6 Å². The summed E-state index contributed by atoms with van der Waals surface area (Å²) in [4.78, 5) is 12.2. The Morgan fingerprint density at radius 1 is 1.19 bits per heavy atom. The molecule has 0 aliphatic heterocycles. The topological polar surface area (TPSA) is 67.0 Å². The van der Waals surface area contributed by atoms with E-state index >= 15 is 0 Å². The zero-order valence-electron chi connectivity index (χ0n) is 14.7. The quantitative estimate of drug-likeness (QED) is 0.681. The first-order valence-corrected chi connectivity index (χ1v) is 8.67. The molecule has 6 heteroatoms. The van der Waals surface area contributed by atoms with E-state index in [1.54, 1.807) is 12.1 Å². The van der Waals surface area contributed by atoms with Gasteiger partial charge in [0.25, 0.3) is 5.91 Å². The van der Waals surface area contributed by atoms with Gasteiger partial charge in [-0.05, 0) is 43.2 Å². The van der Waals surface area contributed by atoms with Gasteiger partial charge < -0.3 is 10.1 Å². The van der Waals surface area contributed by atoms with Crippen LogP contribution in [0.1, 0.15) is 22.5 Å². The van der Waals surface area contributed by atoms with Crippen LogP contribution in [-0.4, -0.2) is 22.7 Å². The van der Waals surface area contributed by atoms with Crippen molar-refractivity contribution in [1.29, 1.82) is 0 Å². The number of aromatic amines is 1. The number of benzene rings is 2. The van der Waals surface area contributed by atoms with Crippen LogP contribution in [0.15, 0.2) is 48.5 Å². The van der Waals surface area contributed by atoms with Crippen molar-refractivity contribution in [2.75, 3.05) is 11.9 Å². The second kappa shape index (κ2) is 8.06. The lowest BCUT2D eigenvalue weighted by Gasteiger charge is -2.12. The molecule has 5 nitrogen and oxygen atoms in total. The van der Waals surface area contributed by atoms with Gasteiger partial charge in [0.2, 0.25) is 0 Å². The standard InChI is InChI=1S/C20H20ClN3O2/c1-13-20(14(2)24-23-13)22-19(25)12-26-18-9-8-17(21)11-16(18)10-15-6-4-3-5-7-15/h3-9,11H,10,12H2,1-2H3,(H,22,25)(H,23,24). The number of anilines is 1. The molecule has 0 saturated carbocycles. The number of H-pyrrole nitrogens is 1. The number of ether oxygens (including phenoxy) is 1. The SMILES string of the molecule is Cc1n[nH]c(C)c1NC(=O)COc1ccc(Cl)cc1Cc1ccccc1. The number of aryl methyl sites for hydroxylation is 2. The molecule has 3 rings (SSSR count). The van der Waals surface area contributed by atoms with Crippen LogP contribution in [0, 0.1) is 13.8 Å². The van der Waals surface area contributed by atoms with Crippen LogP contribution in [0.5, 0.6) is 5.75 Å². The molecule has 0 radical (unpaired) electrons. The molecule has 2 aromatic carbocycles. The minimum Gasteiger partial charge on any atom is -0.483 e. The van der Waals surface area contributed by atoms with E-state index in [0.29, 0.717) is 22.9 Å². The van der Waals surface area contributed by atoms with E-state index in [-0.39, 0.29) is 12.5 Å². The fourth-order valence-electron chi connectivity index (χ4n) is 2.70. The zero-order chi connectivity index (χ0) is 18.5. The van der Waals surface area contributed by atoms with Gasteiger partial charge in [0.1, 0.15) is 5.75 Å². The minimum absolute atomic E-state index is 0.0898. The van der Waals surface area contributed by atoms with Gasteiger partial charge >= 0.3 is 0 Å². The van der Waals surface area contributed by atoms with Gasteiger partial charge in [-0.3, -0.25) is 9.89 Å². The third-order valence-corrected chi connectivity index (χ3v) is 4.25. The Labute approximate surface area is 157 Å². The van der Waals surface area contributed by atoms with Crippen molar-refractivity contribution in [3.63, 3.8) is 0 Å². The third kappa shape index (κ3) is 4.43. The van der Waals surface area contributed by atoms with Crippen molar-refractivity contribution in [2.24, 2.45) is 0 Å². The smallest absolute Gasteiger partial charge is 0.262 e. The van der Waals surface area contributed by atoms with Gasteiger partial charge in [0.15, 0.2) is 6.61 Å². The predicted molar refractivity (Wildman–Crippen MR) is 103 cm³/mol. The van der Waals surface area contributed by atoms with E-state index in [4.69, 9.17) is 16.3 Å². The summed E-state index contributed by atoms with van der Waals surface area (Å²) in [7, 11) is 0. The second-order valence-corrected chi connectivity index (χ2v) is 6.50. The second-order valence-electron chi connectivity index (χ2n) is 6.06. The Morgan fingerprint density at radius 2 is 1.96 bits per heavy atom. The first kappa shape index (κ1) is 18.0. The highest BCUT2D eigenvalue weighted by molar-refractivity contribution is 6.30. The highest BCUT2D eigenvalue weighted by Gasteiger charge is 2.12. The lowest BCUT2D eigenvalue weighted by Crippen LogP contribution is -2.21. The average molecular weight is 370 g/mol. The van der Waals surface area contributed by atoms with Crippen molar-refractivity contribution in [3.8, 4) is 5.75 Å². The predicted octanol–water partition coefficient (Wildman–Crippen LogP) is 4.29. The maximum absolute atomic E-state index is 12.2. The molecule has 2 N–H and O–H groups in total. The van der Waals surface area contributed by atoms with Crippen LogP contribution in [0.2, 0.25) is 5.02 Å². The summed E-state index contributed by atoms with van der Waals surface area (Å²) in [6.45, 7) is 3.60. The van der Waals surface area contributed by atoms with Gasteiger partial charge in [-0.25, -0.2) is 0 Å². The number of nitrogens with zero attached hydrogens (tertiary/aromatic N) is 1. The summed E-state index contributed by atoms with van der Waals surface area (Å²) < 4.78 is 5.75. The largest absolute Gasteiger partial charge is 0.483 e. The van der Waals surface area contributed by atoms with Crippen LogP contribution in [0.4, 0.5) is 5.69 Å². The Kier molecular flexibility index (Phi) is 5.58. The molecule has 0 aliphatic carbocycles. The molecule has 0 unspecified atom stereocenters. The van der Waals surface area contributed by atoms with E-state index in [1.165, 1.54) is 0 Å². The van der Waals surface area contributed by atoms with E-state index in [9.17, 15) is 4.79 Å². The highest BCUT2D eigenvalue weighted by atomic mass is 35.5. The molecule has 0 atom stereocenters. The monoisotopic (exact) mass is 369 g/mol. The number of halogens is 1. The molecule has 1 heterocycles. The maximum atomic E-state index is 12.2. The molecule has 1 aromatic heterocycles. The molecular formula is C20H20ClN3O2. The summed E-state index contributed by atoms with van der Waals surface area (Å²) >= 11 is 6.13. The lowest BCUT2D eigenvalue weighted by molar-refractivity contribution is -0.118. The fourth-order valence-corrected chi connectivity index (χ4v) is 2.89. The lowest BCUT2D eigenvalue weighted by atomic mass is 10.0. The van der Waals surface area contributed by atoms with Crippen molar-refractivity contribution in [3.05, 3.63) is 76.1 Å². The highest BCUT2D eigenvalue weighted by Crippen LogP contribution is 2.25. The molecule has 0 fully saturated rings. The number of hydrogen-bond acceptors (Lipinski definition) is 3. The first-order chi connectivity index (χ1) is 12.5. The molecule has 0 spiro atoms. The van der Waals surface area contributed by atoms with Crippen LogP contribution in [0.25, 0.3) is 0 Å². The first-order valence-electron chi connectivity index (χ1n) is 8.29. The summed E-state index contributed by atoms with van der Waals surface area (Å²) in [5.41, 5.74) is 4.33. The van der Waals surface area contributed by atoms with E-state index in [2.05, 4.69) is 15.5 Å². The number of carbonyl (C=O) groups excluding carboxylic acids is 1. The van der Waals surface area contributed by atoms with Crippen LogP contribution in [0.3, 0.4) is 0 Å². The normalized spacial score (nSPS) is 10.6. The van der Waals surface area contributed by atoms with Crippen LogP contribution < -0.4 is 10.1 Å². The van der Waals surface area contributed by atoms with Gasteiger partial charge in [-0.1, -0.05) is 41.9 Å². The molecule has 0 bridgehead atoms. The molecule has 0 saturated heterocycles. The molecule has 3 aromatic rings. The van der Waals surface area contributed by atoms with E-state index in [1.807, 2.05) is 50.2 Å². The van der Waals surface area contributed by atoms with E-state index < -0.39 is 0 Å². The fraction of sp³-hybridized carbons (Fsp3) is 0.200. The van der Waals surface area contributed by atoms with Gasteiger partial charge in [0, 0.05) is 11.4 Å². The minimum atomic E-state index is -0.238. The van der Waals surface area contributed by atoms with Crippen molar-refractivity contribution in [1.82, 2.24) is 10.2 Å². The maximum Gasteiger partial charge on any atom is 0.262 e. The summed E-state index contributed by atoms with van der Waals surface area (Å²) in [5, 5.41) is 10.4. The number of hydrogen-bond donors (Lipinski definition) is 2. The summed E-state index contributed by atoms with van der Waals surface area (Å²) in [6, 6.07) is 15.5. The molecule has 134 valence electrons. The summed E-state index contributed by atoms with van der Waals surface area (Å²) in [5.74, 6) is 0.409. The molecule has 0 aliphatic rings. The zero-order valence-corrected chi connectivity index (χ0v) is 15.4. The number of carbonyl (C=O) groups is 1. The summed E-state index contributed by atoms with van der Waals surface area (Å²) in [6.07, 6.45) is 0.679. The van der Waals surface area contributed by atoms with E-state index in [0.717, 1.165) is 22.5 Å². The number of aromatic nitrogens is 2. The van der Waals surface area contributed by atoms with Crippen molar-refractivity contribution < 1.29 is 9.53 Å². The average Bonchev–Trinajstić information content (AvgIpc) is 2.94. The van der Waals surface area contributed by atoms with Gasteiger partial charge in [-0.15, -0.1) is 0 Å². The number of amides is 1. The van der Waals surface area contributed by atoms with Crippen molar-refractivity contribution in [2.45, 2.75) is 20.3 Å². The van der Waals surface area contributed by atoms with Crippen molar-refractivity contribution >= 4 is 23.2 Å². The molecule has 26 heavy (non-hydrogen) atoms. The molecular weight excluding hydrogens is 350 g/mol. The third-order valence-electron chi connectivity index (χ3n) is 4.01. The van der Waals surface area contributed by atoms with Gasteiger partial charge in [0.05, 0.1) is 17.1 Å². The molecule has 1 amide bonds. The van der Waals surface area contributed by atoms with Gasteiger partial charge in [-0.2, -0.15) is 5.10 Å². The Balaban J connectivity index is 1.68. The Morgan fingerprint density at radius 3 is 2.65 bits per heavy atom. The Bertz CT molecular complexity index is 887. The number of nitrogens with one attached hydrogen (secondary N) is 2. The van der Waals surface area contributed by atoms with Crippen LogP contribution in [-0.2, 0) is 11.2 Å². The Hall–Kier alpha value is -2.79. The number of rotatable bonds is 6.